The quantitative estimate of drug-likeness (QED) is 0.219. The molecule has 2 aromatic heterocycles. The van der Waals surface area contributed by atoms with Gasteiger partial charge in [-0.1, -0.05) is 18.2 Å². The molecule has 0 amide bonds. The number of rotatable bonds is 8. The fourth-order valence-corrected chi connectivity index (χ4v) is 4.24. The minimum absolute atomic E-state index is 0.0725. The first-order valence-electron chi connectivity index (χ1n) is 10.2. The number of nitrogens with zero attached hydrogens (tertiary/aromatic N) is 2. The molecule has 0 saturated carbocycles. The van der Waals surface area contributed by atoms with Crippen LogP contribution in [-0.2, 0) is 11.2 Å². The number of carbonyl (C=O) groups excluding carboxylic acids is 1. The predicted molar refractivity (Wildman–Crippen MR) is 122 cm³/mol. The van der Waals surface area contributed by atoms with Crippen molar-refractivity contribution in [3.63, 3.8) is 0 Å². The lowest BCUT2D eigenvalue weighted by Crippen LogP contribution is -2.39. The molecule has 7 nitrogen and oxygen atoms in total. The number of para-hydroxylation sites is 1. The Balaban J connectivity index is 1.50. The van der Waals surface area contributed by atoms with Crippen LogP contribution < -0.4 is 10.6 Å². The fourth-order valence-electron chi connectivity index (χ4n) is 3.27. The number of ether oxygens (including phenoxy) is 1. The first kappa shape index (κ1) is 21.8. The summed E-state index contributed by atoms with van der Waals surface area (Å²) in [7, 11) is 1.75. The number of benzene rings is 1. The highest BCUT2D eigenvalue weighted by Gasteiger charge is 2.20. The number of carbonyl (C=O) groups is 1. The third kappa shape index (κ3) is 5.18. The summed E-state index contributed by atoms with van der Waals surface area (Å²) in [5.74, 6) is 0.401. The molecule has 0 spiro atoms. The van der Waals surface area contributed by atoms with Crippen molar-refractivity contribution >= 4 is 34.2 Å². The summed E-state index contributed by atoms with van der Waals surface area (Å²) in [6.45, 7) is 6.79. The maximum atomic E-state index is 12.0. The number of aliphatic imine (C=N–C) groups is 1. The third-order valence-corrected chi connectivity index (χ3v) is 6.13. The van der Waals surface area contributed by atoms with Crippen LogP contribution in [0.5, 0.6) is 0 Å². The molecule has 3 aromatic rings. The Morgan fingerprint density at radius 3 is 2.93 bits per heavy atom. The van der Waals surface area contributed by atoms with Gasteiger partial charge in [-0.3, -0.25) is 4.99 Å². The van der Waals surface area contributed by atoms with Gasteiger partial charge in [0, 0.05) is 30.7 Å². The Hall–Kier alpha value is -2.87. The van der Waals surface area contributed by atoms with Gasteiger partial charge in [-0.15, -0.1) is 11.3 Å². The van der Waals surface area contributed by atoms with Crippen molar-refractivity contribution in [3.8, 4) is 0 Å². The van der Waals surface area contributed by atoms with E-state index in [-0.39, 0.29) is 12.0 Å². The van der Waals surface area contributed by atoms with Crippen LogP contribution in [0, 0.1) is 6.92 Å². The number of nitrogens with one attached hydrogen (secondary N) is 3. The van der Waals surface area contributed by atoms with E-state index in [1.54, 1.807) is 14.0 Å². The van der Waals surface area contributed by atoms with Crippen LogP contribution in [0.1, 0.15) is 52.2 Å². The van der Waals surface area contributed by atoms with Gasteiger partial charge in [0.1, 0.15) is 9.88 Å². The van der Waals surface area contributed by atoms with Crippen LogP contribution >= 0.6 is 11.3 Å². The van der Waals surface area contributed by atoms with Gasteiger partial charge >= 0.3 is 5.97 Å². The number of aryl methyl sites for hydroxylation is 2. The van der Waals surface area contributed by atoms with Crippen molar-refractivity contribution in [2.45, 2.75) is 39.7 Å². The van der Waals surface area contributed by atoms with E-state index in [4.69, 9.17) is 4.74 Å². The SMILES string of the molecule is CCOC(=O)c1sc(C(C)NC(=NC)NCCCc2c[nH]c3ccccc23)nc1C. The summed E-state index contributed by atoms with van der Waals surface area (Å²) in [6, 6.07) is 8.28. The molecule has 8 heteroatoms. The molecule has 0 aliphatic carbocycles. The molecule has 3 rings (SSSR count). The molecule has 1 aromatic carbocycles. The van der Waals surface area contributed by atoms with E-state index in [9.17, 15) is 4.79 Å². The largest absolute Gasteiger partial charge is 0.462 e. The van der Waals surface area contributed by atoms with E-state index in [1.807, 2.05) is 19.9 Å². The standard InChI is InChI=1S/C22H29N5O2S/c1-5-29-21(28)19-14(2)26-20(30-19)15(3)27-22(23-4)24-12-8-9-16-13-25-18-11-7-6-10-17(16)18/h6-7,10-11,13,15,25H,5,8-9,12H2,1-4H3,(H2,23,24,27). The average molecular weight is 428 g/mol. The lowest BCUT2D eigenvalue weighted by molar-refractivity contribution is 0.0531. The van der Waals surface area contributed by atoms with E-state index in [2.05, 4.69) is 50.0 Å². The fraction of sp³-hybridized carbons (Fsp3) is 0.409. The minimum Gasteiger partial charge on any atom is -0.462 e. The van der Waals surface area contributed by atoms with Crippen molar-refractivity contribution in [3.05, 3.63) is 51.6 Å². The number of hydrogen-bond donors (Lipinski definition) is 3. The van der Waals surface area contributed by atoms with Crippen LogP contribution in [-0.4, -0.2) is 42.1 Å². The Labute approximate surface area is 181 Å². The highest BCUT2D eigenvalue weighted by molar-refractivity contribution is 7.13. The van der Waals surface area contributed by atoms with Crippen molar-refractivity contribution < 1.29 is 9.53 Å². The zero-order valence-electron chi connectivity index (χ0n) is 17.9. The van der Waals surface area contributed by atoms with Gasteiger partial charge < -0.3 is 20.4 Å². The van der Waals surface area contributed by atoms with Crippen LogP contribution in [0.3, 0.4) is 0 Å². The van der Waals surface area contributed by atoms with Crippen LogP contribution in [0.2, 0.25) is 0 Å². The first-order chi connectivity index (χ1) is 14.5. The molecule has 2 heterocycles. The van der Waals surface area contributed by atoms with Crippen molar-refractivity contribution in [2.75, 3.05) is 20.2 Å². The summed E-state index contributed by atoms with van der Waals surface area (Å²) in [5.41, 5.74) is 3.20. The molecule has 0 fully saturated rings. The highest BCUT2D eigenvalue weighted by atomic mass is 32.1. The van der Waals surface area contributed by atoms with Gasteiger partial charge in [-0.05, 0) is 45.2 Å². The molecule has 30 heavy (non-hydrogen) atoms. The number of aromatic nitrogens is 2. The van der Waals surface area contributed by atoms with Crippen molar-refractivity contribution in [2.24, 2.45) is 4.99 Å². The maximum absolute atomic E-state index is 12.0. The molecular formula is C22H29N5O2S. The maximum Gasteiger partial charge on any atom is 0.350 e. The minimum atomic E-state index is -0.314. The highest BCUT2D eigenvalue weighted by Crippen LogP contribution is 2.24. The van der Waals surface area contributed by atoms with E-state index in [0.717, 1.165) is 24.4 Å². The number of aromatic amines is 1. The number of esters is 1. The van der Waals surface area contributed by atoms with Gasteiger partial charge in [0.2, 0.25) is 0 Å². The Kier molecular flexibility index (Phi) is 7.46. The topological polar surface area (TPSA) is 91.4 Å². The second-order valence-electron chi connectivity index (χ2n) is 7.02. The molecule has 0 aliphatic heterocycles. The number of thiazole rings is 1. The summed E-state index contributed by atoms with van der Waals surface area (Å²) < 4.78 is 5.10. The Morgan fingerprint density at radius 1 is 1.37 bits per heavy atom. The monoisotopic (exact) mass is 427 g/mol. The van der Waals surface area contributed by atoms with Crippen molar-refractivity contribution in [1.29, 1.82) is 0 Å². The Bertz CT molecular complexity index is 1020. The molecule has 0 radical (unpaired) electrons. The number of guanidine groups is 1. The molecule has 0 saturated heterocycles. The van der Waals surface area contributed by atoms with Crippen LogP contribution in [0.15, 0.2) is 35.5 Å². The molecular weight excluding hydrogens is 398 g/mol. The predicted octanol–water partition coefficient (Wildman–Crippen LogP) is 3.97. The van der Waals surface area contributed by atoms with Crippen LogP contribution in [0.25, 0.3) is 10.9 Å². The zero-order valence-corrected chi connectivity index (χ0v) is 18.7. The third-order valence-electron chi connectivity index (χ3n) is 4.81. The van der Waals surface area contributed by atoms with E-state index >= 15 is 0 Å². The molecule has 0 bridgehead atoms. The van der Waals surface area contributed by atoms with Gasteiger partial charge in [-0.2, -0.15) is 0 Å². The summed E-state index contributed by atoms with van der Waals surface area (Å²) >= 11 is 1.36. The van der Waals surface area contributed by atoms with E-state index in [0.29, 0.717) is 23.1 Å². The number of hydrogen-bond acceptors (Lipinski definition) is 5. The molecule has 3 N–H and O–H groups in total. The number of H-pyrrole nitrogens is 1. The number of fused-ring (bicyclic) bond motifs is 1. The van der Waals surface area contributed by atoms with Crippen LogP contribution in [0.4, 0.5) is 0 Å². The summed E-state index contributed by atoms with van der Waals surface area (Å²) in [4.78, 5) is 24.7. The molecule has 160 valence electrons. The Morgan fingerprint density at radius 2 is 2.17 bits per heavy atom. The normalized spacial score (nSPS) is 12.7. The second-order valence-corrected chi connectivity index (χ2v) is 8.05. The molecule has 0 aliphatic rings. The van der Waals surface area contributed by atoms with Gasteiger partial charge in [0.05, 0.1) is 18.3 Å². The summed E-state index contributed by atoms with van der Waals surface area (Å²) in [6.07, 6.45) is 4.06. The molecule has 1 atom stereocenters. The second kappa shape index (κ2) is 10.2. The van der Waals surface area contributed by atoms with Gasteiger partial charge in [-0.25, -0.2) is 9.78 Å². The lowest BCUT2D eigenvalue weighted by Gasteiger charge is -2.16. The zero-order chi connectivity index (χ0) is 21.5. The van der Waals surface area contributed by atoms with Crippen molar-refractivity contribution in [1.82, 2.24) is 20.6 Å². The molecule has 1 unspecified atom stereocenters. The summed E-state index contributed by atoms with van der Waals surface area (Å²) in [5, 5.41) is 8.82. The average Bonchev–Trinajstić information content (AvgIpc) is 3.34. The smallest absolute Gasteiger partial charge is 0.350 e. The van der Waals surface area contributed by atoms with E-state index < -0.39 is 0 Å². The first-order valence-corrected chi connectivity index (χ1v) is 11.0. The lowest BCUT2D eigenvalue weighted by atomic mass is 10.1. The van der Waals surface area contributed by atoms with Gasteiger partial charge in [0.15, 0.2) is 5.96 Å². The van der Waals surface area contributed by atoms with Gasteiger partial charge in [0.25, 0.3) is 0 Å². The van der Waals surface area contributed by atoms with E-state index in [1.165, 1.54) is 27.8 Å².